The molecule has 2 aromatic rings. The summed E-state index contributed by atoms with van der Waals surface area (Å²) in [6.45, 7) is 3.35. The number of rotatable bonds is 3. The Morgan fingerprint density at radius 3 is 2.75 bits per heavy atom. The molecule has 1 amide bonds. The van der Waals surface area contributed by atoms with Crippen LogP contribution >= 0.6 is 0 Å². The highest BCUT2D eigenvalue weighted by Crippen LogP contribution is 2.43. The van der Waals surface area contributed by atoms with Crippen LogP contribution in [-0.4, -0.2) is 40.8 Å². The number of hydrogen-bond acceptors (Lipinski definition) is 5. The zero-order valence-electron chi connectivity index (χ0n) is 13.6. The molecule has 2 aromatic heterocycles. The summed E-state index contributed by atoms with van der Waals surface area (Å²) in [5, 5.41) is 0. The second-order valence-corrected chi connectivity index (χ2v) is 7.25. The maximum absolute atomic E-state index is 12.5. The fourth-order valence-corrected chi connectivity index (χ4v) is 3.47. The Morgan fingerprint density at radius 2 is 2.17 bits per heavy atom. The van der Waals surface area contributed by atoms with Crippen molar-refractivity contribution in [3.05, 3.63) is 29.7 Å². The largest absolute Gasteiger partial charge is 0.436 e. The lowest BCUT2D eigenvalue weighted by atomic mass is 10.0. The first-order valence-corrected chi connectivity index (χ1v) is 8.41. The number of nitrogens with two attached hydrogens (primary N) is 1. The molecule has 1 spiro atoms. The summed E-state index contributed by atoms with van der Waals surface area (Å²) < 4.78 is 12.8. The zero-order valence-corrected chi connectivity index (χ0v) is 13.6. The quantitative estimate of drug-likeness (QED) is 0.931. The number of hydrogen-bond donors (Lipinski definition) is 1. The topological polar surface area (TPSA) is 82.1 Å². The van der Waals surface area contributed by atoms with Gasteiger partial charge < -0.3 is 19.6 Å². The molecule has 2 aliphatic heterocycles. The van der Waals surface area contributed by atoms with E-state index >= 15 is 0 Å². The van der Waals surface area contributed by atoms with Gasteiger partial charge in [-0.15, -0.1) is 0 Å². The highest BCUT2D eigenvalue weighted by atomic mass is 16.6. The minimum Gasteiger partial charge on any atom is -0.436 e. The normalized spacial score (nSPS) is 23.6. The van der Waals surface area contributed by atoms with Gasteiger partial charge in [-0.25, -0.2) is 9.78 Å². The lowest BCUT2D eigenvalue weighted by Crippen LogP contribution is -2.52. The zero-order chi connectivity index (χ0) is 16.5. The van der Waals surface area contributed by atoms with Crippen molar-refractivity contribution in [3.63, 3.8) is 0 Å². The van der Waals surface area contributed by atoms with Gasteiger partial charge in [0, 0.05) is 18.4 Å². The molecule has 7 heteroatoms. The Kier molecular flexibility index (Phi) is 2.79. The molecule has 3 fully saturated rings. The molecule has 2 N–H and O–H groups in total. The van der Waals surface area contributed by atoms with E-state index in [9.17, 15) is 4.79 Å². The van der Waals surface area contributed by atoms with Crippen molar-refractivity contribution in [2.45, 2.75) is 37.3 Å². The maximum atomic E-state index is 12.5. The van der Waals surface area contributed by atoms with Crippen molar-refractivity contribution in [3.8, 4) is 0 Å². The predicted molar refractivity (Wildman–Crippen MR) is 87.1 cm³/mol. The molecule has 1 atom stereocenters. The van der Waals surface area contributed by atoms with Crippen LogP contribution in [0.15, 0.2) is 18.5 Å². The summed E-state index contributed by atoms with van der Waals surface area (Å²) in [6, 6.07) is 1.93. The number of fused-ring (bicyclic) bond motifs is 1. The summed E-state index contributed by atoms with van der Waals surface area (Å²) in [5.41, 5.74) is 9.12. The number of imidazole rings is 1. The van der Waals surface area contributed by atoms with Gasteiger partial charge in [-0.05, 0) is 37.3 Å². The van der Waals surface area contributed by atoms with E-state index in [0.29, 0.717) is 25.7 Å². The van der Waals surface area contributed by atoms with Crippen LogP contribution in [0.25, 0.3) is 5.65 Å². The number of carbonyl (C=O) groups excluding carboxylic acids is 1. The molecular formula is C17H20N4O3. The number of nitrogens with zero attached hydrogens (tertiary/aromatic N) is 3. The van der Waals surface area contributed by atoms with Crippen LogP contribution in [0, 0.1) is 0 Å². The number of anilines is 1. The first-order chi connectivity index (χ1) is 11.5. The van der Waals surface area contributed by atoms with Crippen LogP contribution in [-0.2, 0) is 9.47 Å². The van der Waals surface area contributed by atoms with E-state index in [1.807, 2.05) is 17.5 Å². The van der Waals surface area contributed by atoms with E-state index in [4.69, 9.17) is 15.2 Å². The maximum Gasteiger partial charge on any atom is 0.415 e. The minimum atomic E-state index is -0.486. The first kappa shape index (κ1) is 14.2. The standard InChI is InChI=1S/C17H20N4O3/c1-10(18)13-6-20-5-12(11-2-3-11)4-14(15(20)19-13)21-7-17(8-23-9-17)24-16(21)22/h4-6,10-11H,2-3,7-9,18H2,1H3/t10-/m1/s1. The number of ether oxygens (including phenoxy) is 2. The highest BCUT2D eigenvalue weighted by Gasteiger charge is 2.52. The van der Waals surface area contributed by atoms with Crippen LogP contribution < -0.4 is 10.6 Å². The second-order valence-electron chi connectivity index (χ2n) is 7.25. The summed E-state index contributed by atoms with van der Waals surface area (Å²) in [4.78, 5) is 18.8. The van der Waals surface area contributed by atoms with E-state index in [0.717, 1.165) is 17.0 Å². The monoisotopic (exact) mass is 328 g/mol. The molecule has 4 heterocycles. The van der Waals surface area contributed by atoms with Crippen LogP contribution in [0.5, 0.6) is 0 Å². The lowest BCUT2D eigenvalue weighted by Gasteiger charge is -2.34. The summed E-state index contributed by atoms with van der Waals surface area (Å²) in [6.07, 6.45) is 6.14. The molecule has 3 aliphatic rings. The van der Waals surface area contributed by atoms with E-state index in [-0.39, 0.29) is 12.1 Å². The molecule has 7 nitrogen and oxygen atoms in total. The van der Waals surface area contributed by atoms with Crippen LogP contribution in [0.4, 0.5) is 10.5 Å². The predicted octanol–water partition coefficient (Wildman–Crippen LogP) is 1.96. The van der Waals surface area contributed by atoms with Gasteiger partial charge in [0.25, 0.3) is 0 Å². The molecule has 1 saturated carbocycles. The second kappa shape index (κ2) is 4.70. The third-order valence-electron chi connectivity index (χ3n) is 5.08. The van der Waals surface area contributed by atoms with Gasteiger partial charge in [0.2, 0.25) is 0 Å². The van der Waals surface area contributed by atoms with Gasteiger partial charge in [0.15, 0.2) is 11.2 Å². The highest BCUT2D eigenvalue weighted by molar-refractivity contribution is 5.95. The van der Waals surface area contributed by atoms with Gasteiger partial charge in [0.05, 0.1) is 31.1 Å². The molecular weight excluding hydrogens is 308 g/mol. The van der Waals surface area contributed by atoms with Crippen LogP contribution in [0.2, 0.25) is 0 Å². The van der Waals surface area contributed by atoms with Crippen molar-refractivity contribution in [2.75, 3.05) is 24.7 Å². The smallest absolute Gasteiger partial charge is 0.415 e. The van der Waals surface area contributed by atoms with Crippen molar-refractivity contribution in [1.29, 1.82) is 0 Å². The lowest BCUT2D eigenvalue weighted by molar-refractivity contribution is -0.155. The van der Waals surface area contributed by atoms with Crippen molar-refractivity contribution >= 4 is 17.4 Å². The molecule has 0 bridgehead atoms. The average Bonchev–Trinajstić information content (AvgIpc) is 3.16. The first-order valence-electron chi connectivity index (χ1n) is 8.41. The van der Waals surface area contributed by atoms with Gasteiger partial charge >= 0.3 is 6.09 Å². The van der Waals surface area contributed by atoms with Gasteiger partial charge in [-0.2, -0.15) is 0 Å². The number of pyridine rings is 1. The van der Waals surface area contributed by atoms with Crippen molar-refractivity contribution in [1.82, 2.24) is 9.38 Å². The van der Waals surface area contributed by atoms with E-state index in [2.05, 4.69) is 17.2 Å². The van der Waals surface area contributed by atoms with Gasteiger partial charge in [0.1, 0.15) is 0 Å². The van der Waals surface area contributed by atoms with Crippen molar-refractivity contribution < 1.29 is 14.3 Å². The fraction of sp³-hybridized carbons (Fsp3) is 0.529. The Morgan fingerprint density at radius 1 is 1.38 bits per heavy atom. The average molecular weight is 328 g/mol. The molecule has 0 aromatic carbocycles. The van der Waals surface area contributed by atoms with E-state index < -0.39 is 5.60 Å². The SMILES string of the molecule is C[C@@H](N)c1cn2cc(C3CC3)cc(N3CC4(COC4)OC3=O)c2n1. The summed E-state index contributed by atoms with van der Waals surface area (Å²) in [5.74, 6) is 0.578. The Labute approximate surface area is 139 Å². The number of aromatic nitrogens is 2. The van der Waals surface area contributed by atoms with Crippen LogP contribution in [0.1, 0.15) is 43.0 Å². The Hall–Kier alpha value is -2.12. The third kappa shape index (κ3) is 2.04. The van der Waals surface area contributed by atoms with Crippen LogP contribution in [0.3, 0.4) is 0 Å². The summed E-state index contributed by atoms with van der Waals surface area (Å²) >= 11 is 0. The number of carbonyl (C=O) groups is 1. The molecule has 5 rings (SSSR count). The molecule has 126 valence electrons. The molecule has 24 heavy (non-hydrogen) atoms. The van der Waals surface area contributed by atoms with Crippen molar-refractivity contribution in [2.24, 2.45) is 5.73 Å². The fourth-order valence-electron chi connectivity index (χ4n) is 3.47. The third-order valence-corrected chi connectivity index (χ3v) is 5.08. The molecule has 0 unspecified atom stereocenters. The number of amides is 1. The Balaban J connectivity index is 1.64. The molecule has 0 radical (unpaired) electrons. The molecule has 2 saturated heterocycles. The van der Waals surface area contributed by atoms with Gasteiger partial charge in [-0.3, -0.25) is 4.90 Å². The van der Waals surface area contributed by atoms with Gasteiger partial charge in [-0.1, -0.05) is 0 Å². The van der Waals surface area contributed by atoms with E-state index in [1.165, 1.54) is 18.4 Å². The Bertz CT molecular complexity index is 836. The van der Waals surface area contributed by atoms with E-state index in [1.54, 1.807) is 4.90 Å². The molecule has 1 aliphatic carbocycles. The minimum absolute atomic E-state index is 0.154. The summed E-state index contributed by atoms with van der Waals surface area (Å²) in [7, 11) is 0.